The molecule has 0 saturated carbocycles. The van der Waals surface area contributed by atoms with Gasteiger partial charge in [0.25, 0.3) is 0 Å². The van der Waals surface area contributed by atoms with E-state index >= 15 is 0 Å². The van der Waals surface area contributed by atoms with Crippen molar-refractivity contribution in [2.24, 2.45) is 5.73 Å². The highest BCUT2D eigenvalue weighted by Crippen LogP contribution is 2.30. The number of ether oxygens (including phenoxy) is 1. The highest BCUT2D eigenvalue weighted by Gasteiger charge is 2.12. The number of rotatable bonds is 7. The molecule has 6 heteroatoms. The van der Waals surface area contributed by atoms with E-state index in [1.807, 2.05) is 24.3 Å². The number of carboxylic acid groups (broad SMARTS) is 1. The molecule has 5 nitrogen and oxygen atoms in total. The fourth-order valence-corrected chi connectivity index (χ4v) is 3.42. The van der Waals surface area contributed by atoms with Gasteiger partial charge in [-0.2, -0.15) is 0 Å². The van der Waals surface area contributed by atoms with Gasteiger partial charge in [-0.3, -0.25) is 4.79 Å². The number of para-hydroxylation sites is 1. The van der Waals surface area contributed by atoms with Gasteiger partial charge in [-0.05, 0) is 53.1 Å². The summed E-state index contributed by atoms with van der Waals surface area (Å²) in [5, 5.41) is 9.92. The first-order valence-electron chi connectivity index (χ1n) is 9.46. The minimum atomic E-state index is -0.920. The number of carboxylic acids is 1. The molecular formula is C24H20FNO4. The van der Waals surface area contributed by atoms with Crippen molar-refractivity contribution in [2.45, 2.75) is 19.6 Å². The van der Waals surface area contributed by atoms with Crippen molar-refractivity contribution in [1.82, 2.24) is 0 Å². The zero-order valence-electron chi connectivity index (χ0n) is 16.1. The van der Waals surface area contributed by atoms with E-state index in [0.717, 1.165) is 27.6 Å². The first-order valence-corrected chi connectivity index (χ1v) is 9.46. The molecule has 0 radical (unpaired) electrons. The van der Waals surface area contributed by atoms with Crippen molar-refractivity contribution in [3.63, 3.8) is 0 Å². The lowest BCUT2D eigenvalue weighted by molar-refractivity contribution is -0.136. The van der Waals surface area contributed by atoms with Crippen LogP contribution in [0.15, 0.2) is 71.3 Å². The molecule has 0 bridgehead atoms. The fraction of sp³-hybridized carbons (Fsp3) is 0.125. The Balaban J connectivity index is 1.63. The van der Waals surface area contributed by atoms with Crippen molar-refractivity contribution >= 4 is 16.9 Å². The lowest BCUT2D eigenvalue weighted by Crippen LogP contribution is -2.03. The van der Waals surface area contributed by atoms with E-state index in [1.165, 1.54) is 12.1 Å². The van der Waals surface area contributed by atoms with Crippen LogP contribution in [-0.2, 0) is 24.4 Å². The van der Waals surface area contributed by atoms with Crippen LogP contribution in [0.5, 0.6) is 5.75 Å². The van der Waals surface area contributed by atoms with Crippen LogP contribution in [-0.4, -0.2) is 11.1 Å². The number of hydrogen-bond donors (Lipinski definition) is 2. The molecule has 0 fully saturated rings. The van der Waals surface area contributed by atoms with Gasteiger partial charge in [0.05, 0.1) is 12.7 Å². The minimum Gasteiger partial charge on any atom is -0.488 e. The molecular weight excluding hydrogens is 385 g/mol. The number of fused-ring (bicyclic) bond motifs is 1. The Morgan fingerprint density at radius 3 is 2.67 bits per heavy atom. The van der Waals surface area contributed by atoms with E-state index in [0.29, 0.717) is 16.9 Å². The fourth-order valence-electron chi connectivity index (χ4n) is 3.42. The Bertz CT molecular complexity index is 1220. The van der Waals surface area contributed by atoms with Crippen LogP contribution in [0.25, 0.3) is 22.1 Å². The molecule has 0 unspecified atom stereocenters. The number of nitrogens with two attached hydrogens (primary N) is 1. The predicted octanol–water partition coefficient (Wildman–Crippen LogP) is 4.90. The van der Waals surface area contributed by atoms with E-state index in [1.54, 1.807) is 30.5 Å². The summed E-state index contributed by atoms with van der Waals surface area (Å²) in [6.45, 7) is 0.470. The van der Waals surface area contributed by atoms with E-state index < -0.39 is 5.97 Å². The van der Waals surface area contributed by atoms with Crippen LogP contribution in [0.2, 0.25) is 0 Å². The normalized spacial score (nSPS) is 11.0. The summed E-state index contributed by atoms with van der Waals surface area (Å²) in [4.78, 5) is 11.1. The molecule has 4 aromatic rings. The van der Waals surface area contributed by atoms with Crippen LogP contribution < -0.4 is 10.5 Å². The number of aliphatic carboxylic acids is 1. The number of hydrogen-bond acceptors (Lipinski definition) is 4. The first-order chi connectivity index (χ1) is 14.5. The van der Waals surface area contributed by atoms with Crippen molar-refractivity contribution in [1.29, 1.82) is 0 Å². The summed E-state index contributed by atoms with van der Waals surface area (Å²) in [5.41, 5.74) is 10.1. The summed E-state index contributed by atoms with van der Waals surface area (Å²) in [6.07, 6.45) is 1.50. The highest BCUT2D eigenvalue weighted by atomic mass is 19.1. The van der Waals surface area contributed by atoms with Crippen molar-refractivity contribution in [3.8, 4) is 16.9 Å². The third-order valence-electron chi connectivity index (χ3n) is 4.88. The first kappa shape index (κ1) is 19.7. The number of furan rings is 1. The molecule has 0 saturated heterocycles. The predicted molar refractivity (Wildman–Crippen MR) is 112 cm³/mol. The van der Waals surface area contributed by atoms with Gasteiger partial charge in [-0.15, -0.1) is 0 Å². The number of benzene rings is 3. The molecule has 0 aliphatic rings. The monoisotopic (exact) mass is 405 g/mol. The Kier molecular flexibility index (Phi) is 5.50. The van der Waals surface area contributed by atoms with Crippen LogP contribution >= 0.6 is 0 Å². The Morgan fingerprint density at radius 1 is 1.03 bits per heavy atom. The largest absolute Gasteiger partial charge is 0.488 e. The molecule has 1 heterocycles. The summed E-state index contributed by atoms with van der Waals surface area (Å²) in [6, 6.07) is 17.4. The molecule has 4 rings (SSSR count). The quantitative estimate of drug-likeness (QED) is 0.457. The Morgan fingerprint density at radius 2 is 1.87 bits per heavy atom. The SMILES string of the molecule is NCc1cc(F)cc(-c2ccc3occ(COc4ccccc4CC(=O)O)c3c2)c1. The van der Waals surface area contributed by atoms with Gasteiger partial charge in [0, 0.05) is 23.1 Å². The van der Waals surface area contributed by atoms with Gasteiger partial charge in [0.15, 0.2) is 0 Å². The van der Waals surface area contributed by atoms with Gasteiger partial charge in [0.1, 0.15) is 23.8 Å². The highest BCUT2D eigenvalue weighted by molar-refractivity contribution is 5.86. The molecule has 152 valence electrons. The summed E-state index contributed by atoms with van der Waals surface area (Å²) >= 11 is 0. The second-order valence-electron chi connectivity index (χ2n) is 6.99. The standard InChI is InChI=1S/C24H20FNO4/c25-20-8-15(12-26)7-18(9-20)16-5-6-23-21(10-16)19(14-30-23)13-29-22-4-2-1-3-17(22)11-24(27)28/h1-10,14H,11-13,26H2,(H,27,28). The lowest BCUT2D eigenvalue weighted by Gasteiger charge is -2.10. The third-order valence-corrected chi connectivity index (χ3v) is 4.88. The molecule has 0 amide bonds. The molecule has 0 atom stereocenters. The van der Waals surface area contributed by atoms with Gasteiger partial charge < -0.3 is 20.0 Å². The Labute approximate surface area is 172 Å². The van der Waals surface area contributed by atoms with Gasteiger partial charge >= 0.3 is 5.97 Å². The maximum atomic E-state index is 13.9. The van der Waals surface area contributed by atoms with Gasteiger partial charge in [-0.1, -0.05) is 24.3 Å². The van der Waals surface area contributed by atoms with Crippen LogP contribution in [0.1, 0.15) is 16.7 Å². The summed E-state index contributed by atoms with van der Waals surface area (Å²) in [5.74, 6) is -0.738. The maximum absolute atomic E-state index is 13.9. The Hall–Kier alpha value is -3.64. The summed E-state index contributed by atoms with van der Waals surface area (Å²) in [7, 11) is 0. The number of carbonyl (C=O) groups is 1. The van der Waals surface area contributed by atoms with E-state index in [-0.39, 0.29) is 25.4 Å². The summed E-state index contributed by atoms with van der Waals surface area (Å²) < 4.78 is 25.4. The van der Waals surface area contributed by atoms with Crippen LogP contribution in [0.3, 0.4) is 0 Å². The van der Waals surface area contributed by atoms with Crippen LogP contribution in [0.4, 0.5) is 4.39 Å². The molecule has 1 aromatic heterocycles. The van der Waals surface area contributed by atoms with Gasteiger partial charge in [-0.25, -0.2) is 4.39 Å². The average Bonchev–Trinajstić information content (AvgIpc) is 3.14. The van der Waals surface area contributed by atoms with E-state index in [4.69, 9.17) is 20.0 Å². The molecule has 3 aromatic carbocycles. The molecule has 30 heavy (non-hydrogen) atoms. The number of halogens is 1. The smallest absolute Gasteiger partial charge is 0.307 e. The minimum absolute atomic E-state index is 0.116. The van der Waals surface area contributed by atoms with E-state index in [2.05, 4.69) is 0 Å². The van der Waals surface area contributed by atoms with Crippen molar-refractivity contribution < 1.29 is 23.4 Å². The van der Waals surface area contributed by atoms with Crippen LogP contribution in [0, 0.1) is 5.82 Å². The molecule has 3 N–H and O–H groups in total. The molecule has 0 aliphatic carbocycles. The average molecular weight is 405 g/mol. The topological polar surface area (TPSA) is 85.7 Å². The third kappa shape index (κ3) is 4.18. The zero-order chi connectivity index (χ0) is 21.1. The second kappa shape index (κ2) is 8.39. The van der Waals surface area contributed by atoms with Gasteiger partial charge in [0.2, 0.25) is 0 Å². The van der Waals surface area contributed by atoms with Crippen molar-refractivity contribution in [3.05, 3.63) is 89.4 Å². The maximum Gasteiger partial charge on any atom is 0.307 e. The molecule has 0 spiro atoms. The van der Waals surface area contributed by atoms with E-state index in [9.17, 15) is 9.18 Å². The second-order valence-corrected chi connectivity index (χ2v) is 6.99. The van der Waals surface area contributed by atoms with Crippen molar-refractivity contribution in [2.75, 3.05) is 0 Å². The lowest BCUT2D eigenvalue weighted by atomic mass is 10.0. The molecule has 0 aliphatic heterocycles. The zero-order valence-corrected chi connectivity index (χ0v) is 16.1.